The third-order valence-corrected chi connectivity index (χ3v) is 2.29. The van der Waals surface area contributed by atoms with E-state index in [1.807, 2.05) is 6.07 Å². The van der Waals surface area contributed by atoms with E-state index >= 15 is 0 Å². The zero-order chi connectivity index (χ0) is 12.0. The molecule has 1 rings (SSSR count). The fraction of sp³-hybridized carbons (Fsp3) is 0.667. The maximum atomic E-state index is 11.3. The van der Waals surface area contributed by atoms with E-state index < -0.39 is 12.4 Å². The molecular formula is C12H17NO3. The zero-order valence-electron chi connectivity index (χ0n) is 9.68. The van der Waals surface area contributed by atoms with Gasteiger partial charge in [-0.05, 0) is 24.5 Å². The molecule has 0 aromatic carbocycles. The normalized spacial score (nSPS) is 24.8. The monoisotopic (exact) mass is 223 g/mol. The molecule has 4 heteroatoms. The smallest absolute Gasteiger partial charge is 0.185 e. The molecule has 1 aliphatic rings. The molecule has 0 aromatic rings. The molecule has 0 radical (unpaired) electrons. The van der Waals surface area contributed by atoms with Crippen LogP contribution in [0.1, 0.15) is 26.7 Å². The number of ether oxygens (including phenoxy) is 2. The molecular weight excluding hydrogens is 206 g/mol. The van der Waals surface area contributed by atoms with Crippen LogP contribution in [0.2, 0.25) is 0 Å². The zero-order valence-corrected chi connectivity index (χ0v) is 9.68. The Balaban J connectivity index is 2.37. The number of carbonyl (C=O) groups is 1. The van der Waals surface area contributed by atoms with Gasteiger partial charge in [-0.3, -0.25) is 4.79 Å². The lowest BCUT2D eigenvalue weighted by atomic mass is 10.1. The highest BCUT2D eigenvalue weighted by molar-refractivity contribution is 5.94. The van der Waals surface area contributed by atoms with Crippen LogP contribution in [-0.2, 0) is 14.3 Å². The van der Waals surface area contributed by atoms with Crippen molar-refractivity contribution in [1.82, 2.24) is 0 Å². The number of ketones is 1. The van der Waals surface area contributed by atoms with Crippen LogP contribution in [0.25, 0.3) is 0 Å². The topological polar surface area (TPSA) is 59.3 Å². The minimum Gasteiger partial charge on any atom is -0.349 e. The second-order valence-corrected chi connectivity index (χ2v) is 4.17. The summed E-state index contributed by atoms with van der Waals surface area (Å²) in [6.45, 7) is 4.83. The number of nitrogens with zero attached hydrogens (tertiary/aromatic N) is 1. The highest BCUT2D eigenvalue weighted by atomic mass is 16.7. The molecule has 0 saturated heterocycles. The Morgan fingerprint density at radius 1 is 1.62 bits per heavy atom. The van der Waals surface area contributed by atoms with E-state index in [9.17, 15) is 4.79 Å². The van der Waals surface area contributed by atoms with Gasteiger partial charge in [-0.25, -0.2) is 0 Å². The van der Waals surface area contributed by atoms with Gasteiger partial charge in [0.15, 0.2) is 12.1 Å². The van der Waals surface area contributed by atoms with Gasteiger partial charge in [-0.2, -0.15) is 5.26 Å². The predicted molar refractivity (Wildman–Crippen MR) is 58.4 cm³/mol. The lowest BCUT2D eigenvalue weighted by Gasteiger charge is -2.23. The van der Waals surface area contributed by atoms with Gasteiger partial charge in [0.05, 0.1) is 19.1 Å². The molecule has 1 aliphatic heterocycles. The Bertz CT molecular complexity index is 304. The van der Waals surface area contributed by atoms with Crippen molar-refractivity contribution in [1.29, 1.82) is 5.26 Å². The highest BCUT2D eigenvalue weighted by Gasteiger charge is 2.25. The average Bonchev–Trinajstić information content (AvgIpc) is 2.22. The van der Waals surface area contributed by atoms with Crippen molar-refractivity contribution in [2.24, 2.45) is 5.92 Å². The maximum absolute atomic E-state index is 11.3. The molecule has 0 spiro atoms. The van der Waals surface area contributed by atoms with Crippen LogP contribution in [0, 0.1) is 17.2 Å². The lowest BCUT2D eigenvalue weighted by Crippen LogP contribution is -2.33. The molecule has 0 aliphatic carbocycles. The summed E-state index contributed by atoms with van der Waals surface area (Å²) in [6.07, 6.45) is 2.90. The molecule has 0 amide bonds. The van der Waals surface area contributed by atoms with Crippen LogP contribution in [0.5, 0.6) is 0 Å². The van der Waals surface area contributed by atoms with Gasteiger partial charge in [-0.1, -0.05) is 13.8 Å². The summed E-state index contributed by atoms with van der Waals surface area (Å²) < 4.78 is 10.8. The lowest BCUT2D eigenvalue weighted by molar-refractivity contribution is -0.162. The van der Waals surface area contributed by atoms with E-state index in [0.717, 1.165) is 6.42 Å². The highest BCUT2D eigenvalue weighted by Crippen LogP contribution is 2.14. The van der Waals surface area contributed by atoms with Crippen LogP contribution >= 0.6 is 0 Å². The second-order valence-electron chi connectivity index (χ2n) is 4.17. The van der Waals surface area contributed by atoms with Crippen molar-refractivity contribution in [3.05, 3.63) is 12.2 Å². The molecule has 1 heterocycles. The standard InChI is InChI=1S/C12H17NO3/c1-9(2)6-8-15-12-4-3-10(14)11(16-12)5-7-13/h3-4,9,11-12H,5-6,8H2,1-2H3/t11-,12+/m1/s1. The molecule has 0 unspecified atom stereocenters. The molecule has 0 aromatic heterocycles. The quantitative estimate of drug-likeness (QED) is 0.713. The van der Waals surface area contributed by atoms with Crippen molar-refractivity contribution in [3.8, 4) is 6.07 Å². The van der Waals surface area contributed by atoms with E-state index in [-0.39, 0.29) is 12.2 Å². The van der Waals surface area contributed by atoms with Crippen LogP contribution in [-0.4, -0.2) is 24.8 Å². The van der Waals surface area contributed by atoms with Crippen molar-refractivity contribution in [2.45, 2.75) is 39.1 Å². The van der Waals surface area contributed by atoms with Gasteiger partial charge in [-0.15, -0.1) is 0 Å². The molecule has 16 heavy (non-hydrogen) atoms. The van der Waals surface area contributed by atoms with Gasteiger partial charge >= 0.3 is 0 Å². The van der Waals surface area contributed by atoms with Crippen molar-refractivity contribution >= 4 is 5.78 Å². The third kappa shape index (κ3) is 4.13. The van der Waals surface area contributed by atoms with Crippen molar-refractivity contribution in [2.75, 3.05) is 6.61 Å². The van der Waals surface area contributed by atoms with E-state index in [2.05, 4.69) is 13.8 Å². The Labute approximate surface area is 95.8 Å². The maximum Gasteiger partial charge on any atom is 0.185 e. The number of rotatable bonds is 5. The molecule has 0 bridgehead atoms. The first-order valence-corrected chi connectivity index (χ1v) is 5.49. The fourth-order valence-electron chi connectivity index (χ4n) is 1.30. The number of carbonyl (C=O) groups excluding carboxylic acids is 1. The van der Waals surface area contributed by atoms with Crippen molar-refractivity contribution < 1.29 is 14.3 Å². The Hall–Kier alpha value is -1.18. The van der Waals surface area contributed by atoms with Gasteiger partial charge in [0, 0.05) is 0 Å². The first-order chi connectivity index (χ1) is 7.63. The van der Waals surface area contributed by atoms with E-state index in [0.29, 0.717) is 12.5 Å². The number of hydrogen-bond acceptors (Lipinski definition) is 4. The van der Waals surface area contributed by atoms with Gasteiger partial charge in [0.25, 0.3) is 0 Å². The number of nitriles is 1. The molecule has 2 atom stereocenters. The van der Waals surface area contributed by atoms with Gasteiger partial charge in [0.1, 0.15) is 6.10 Å². The van der Waals surface area contributed by atoms with Crippen LogP contribution in [0.15, 0.2) is 12.2 Å². The van der Waals surface area contributed by atoms with E-state index in [1.165, 1.54) is 6.08 Å². The largest absolute Gasteiger partial charge is 0.349 e. The molecule has 88 valence electrons. The first-order valence-electron chi connectivity index (χ1n) is 5.49. The average molecular weight is 223 g/mol. The Morgan fingerprint density at radius 3 is 3.00 bits per heavy atom. The molecule has 0 saturated carbocycles. The minimum atomic E-state index is -0.668. The predicted octanol–water partition coefficient (Wildman–Crippen LogP) is 1.81. The van der Waals surface area contributed by atoms with Gasteiger partial charge in [0.2, 0.25) is 0 Å². The summed E-state index contributed by atoms with van der Waals surface area (Å²) in [6, 6.07) is 1.93. The van der Waals surface area contributed by atoms with Crippen LogP contribution in [0.3, 0.4) is 0 Å². The summed E-state index contributed by atoms with van der Waals surface area (Å²) in [5, 5.41) is 8.52. The van der Waals surface area contributed by atoms with Crippen LogP contribution in [0.4, 0.5) is 0 Å². The summed E-state index contributed by atoms with van der Waals surface area (Å²) in [5.74, 6) is 0.411. The van der Waals surface area contributed by atoms with Crippen LogP contribution < -0.4 is 0 Å². The molecule has 0 fully saturated rings. The second kappa shape index (κ2) is 6.41. The third-order valence-electron chi connectivity index (χ3n) is 2.29. The summed E-state index contributed by atoms with van der Waals surface area (Å²) in [7, 11) is 0. The summed E-state index contributed by atoms with van der Waals surface area (Å²) >= 11 is 0. The molecule has 0 N–H and O–H groups in total. The van der Waals surface area contributed by atoms with Gasteiger partial charge < -0.3 is 9.47 Å². The first kappa shape index (κ1) is 12.9. The molecule has 4 nitrogen and oxygen atoms in total. The fourth-order valence-corrected chi connectivity index (χ4v) is 1.30. The summed E-state index contributed by atoms with van der Waals surface area (Å²) in [5.41, 5.74) is 0. The summed E-state index contributed by atoms with van der Waals surface area (Å²) in [4.78, 5) is 11.3. The van der Waals surface area contributed by atoms with Crippen molar-refractivity contribution in [3.63, 3.8) is 0 Å². The van der Waals surface area contributed by atoms with E-state index in [4.69, 9.17) is 14.7 Å². The van der Waals surface area contributed by atoms with E-state index in [1.54, 1.807) is 6.08 Å². The Kier molecular flexibility index (Phi) is 5.17. The SMILES string of the molecule is CC(C)CCO[C@@H]1C=CC(=O)[C@@H](CC#N)O1. The Morgan fingerprint density at radius 2 is 2.38 bits per heavy atom. The number of hydrogen-bond donors (Lipinski definition) is 0. The minimum absolute atomic E-state index is 0.0766.